The molecule has 1 unspecified atom stereocenters. The van der Waals surface area contributed by atoms with E-state index in [4.69, 9.17) is 11.6 Å². The molecule has 4 rings (SSSR count). The van der Waals surface area contributed by atoms with Gasteiger partial charge in [-0.25, -0.2) is 4.90 Å². The van der Waals surface area contributed by atoms with Crippen LogP contribution in [0.3, 0.4) is 0 Å². The van der Waals surface area contributed by atoms with Crippen LogP contribution in [0.4, 0.5) is 5.69 Å². The molecule has 1 heterocycles. The molecule has 0 spiro atoms. The van der Waals surface area contributed by atoms with Crippen LogP contribution in [-0.2, 0) is 14.4 Å². The number of carbonyl (C=O) groups excluding carboxylic acids is 3. The van der Waals surface area contributed by atoms with Crippen molar-refractivity contribution in [2.45, 2.75) is 63.5 Å². The lowest BCUT2D eigenvalue weighted by Crippen LogP contribution is -2.49. The standard InChI is InChI=1S/C20H23ClN2O3/c21-14-6-8-16(9-7-14)23-18(24)12-17(20(23)26)22(15-10-11-15)19(25)13-4-2-1-3-5-13/h6-9,13,15,17H,1-5,10-12H2. The lowest BCUT2D eigenvalue weighted by Gasteiger charge is -2.32. The van der Waals surface area contributed by atoms with Crippen LogP contribution >= 0.6 is 11.6 Å². The molecule has 1 aromatic rings. The number of halogens is 1. The molecule has 5 nitrogen and oxygen atoms in total. The Morgan fingerprint density at radius 1 is 1.00 bits per heavy atom. The summed E-state index contributed by atoms with van der Waals surface area (Å²) < 4.78 is 0. The Bertz CT molecular complexity index is 723. The number of amides is 3. The van der Waals surface area contributed by atoms with E-state index in [-0.39, 0.29) is 36.1 Å². The summed E-state index contributed by atoms with van der Waals surface area (Å²) in [5, 5.41) is 0.552. The van der Waals surface area contributed by atoms with E-state index in [0.717, 1.165) is 38.5 Å². The molecule has 26 heavy (non-hydrogen) atoms. The van der Waals surface area contributed by atoms with Crippen LogP contribution in [0.2, 0.25) is 5.02 Å². The molecule has 2 saturated carbocycles. The van der Waals surface area contributed by atoms with Gasteiger partial charge in [0.1, 0.15) is 6.04 Å². The van der Waals surface area contributed by atoms with Gasteiger partial charge in [-0.15, -0.1) is 0 Å². The van der Waals surface area contributed by atoms with E-state index >= 15 is 0 Å². The fraction of sp³-hybridized carbons (Fsp3) is 0.550. The van der Waals surface area contributed by atoms with Crippen molar-refractivity contribution in [2.75, 3.05) is 4.90 Å². The van der Waals surface area contributed by atoms with E-state index in [0.29, 0.717) is 10.7 Å². The number of anilines is 1. The molecule has 3 amide bonds. The average Bonchev–Trinajstić information content (AvgIpc) is 3.44. The Hall–Kier alpha value is -1.88. The number of hydrogen-bond acceptors (Lipinski definition) is 3. The molecule has 3 fully saturated rings. The number of benzene rings is 1. The predicted octanol–water partition coefficient (Wildman–Crippen LogP) is 3.54. The van der Waals surface area contributed by atoms with Crippen LogP contribution in [-0.4, -0.2) is 34.7 Å². The zero-order valence-corrected chi connectivity index (χ0v) is 15.5. The summed E-state index contributed by atoms with van der Waals surface area (Å²) >= 11 is 5.91. The highest BCUT2D eigenvalue weighted by Gasteiger charge is 2.49. The normalized spacial score (nSPS) is 24.2. The Morgan fingerprint density at radius 3 is 2.27 bits per heavy atom. The lowest BCUT2D eigenvalue weighted by atomic mass is 9.88. The molecular formula is C20H23ClN2O3. The second-order valence-electron chi connectivity index (χ2n) is 7.58. The second-order valence-corrected chi connectivity index (χ2v) is 8.01. The van der Waals surface area contributed by atoms with Gasteiger partial charge in [-0.3, -0.25) is 14.4 Å². The first-order chi connectivity index (χ1) is 12.6. The van der Waals surface area contributed by atoms with Crippen molar-refractivity contribution in [3.05, 3.63) is 29.3 Å². The quantitative estimate of drug-likeness (QED) is 0.757. The maximum absolute atomic E-state index is 13.1. The van der Waals surface area contributed by atoms with Crippen LogP contribution < -0.4 is 4.90 Å². The molecule has 1 aromatic carbocycles. The first-order valence-corrected chi connectivity index (χ1v) is 9.88. The predicted molar refractivity (Wildman–Crippen MR) is 98.8 cm³/mol. The van der Waals surface area contributed by atoms with Crippen molar-refractivity contribution in [3.8, 4) is 0 Å². The number of nitrogens with zero attached hydrogens (tertiary/aromatic N) is 2. The molecule has 0 bridgehead atoms. The van der Waals surface area contributed by atoms with Gasteiger partial charge in [0, 0.05) is 17.0 Å². The van der Waals surface area contributed by atoms with E-state index in [9.17, 15) is 14.4 Å². The van der Waals surface area contributed by atoms with E-state index in [2.05, 4.69) is 0 Å². The smallest absolute Gasteiger partial charge is 0.257 e. The molecule has 3 aliphatic rings. The lowest BCUT2D eigenvalue weighted by molar-refractivity contribution is -0.143. The van der Waals surface area contributed by atoms with Gasteiger partial charge in [-0.2, -0.15) is 0 Å². The average molecular weight is 375 g/mol. The van der Waals surface area contributed by atoms with E-state index < -0.39 is 6.04 Å². The molecule has 1 saturated heterocycles. The minimum Gasteiger partial charge on any atom is -0.327 e. The van der Waals surface area contributed by atoms with Crippen molar-refractivity contribution in [2.24, 2.45) is 5.92 Å². The van der Waals surface area contributed by atoms with Gasteiger partial charge in [0.2, 0.25) is 11.8 Å². The van der Waals surface area contributed by atoms with Gasteiger partial charge in [0.15, 0.2) is 0 Å². The second kappa shape index (κ2) is 7.03. The summed E-state index contributed by atoms with van der Waals surface area (Å²) in [6.45, 7) is 0. The topological polar surface area (TPSA) is 57.7 Å². The third-order valence-corrected chi connectivity index (χ3v) is 5.94. The van der Waals surface area contributed by atoms with Gasteiger partial charge in [-0.1, -0.05) is 30.9 Å². The van der Waals surface area contributed by atoms with Crippen LogP contribution in [0, 0.1) is 5.92 Å². The number of hydrogen-bond donors (Lipinski definition) is 0. The summed E-state index contributed by atoms with van der Waals surface area (Å²) in [4.78, 5) is 41.7. The van der Waals surface area contributed by atoms with Crippen molar-refractivity contribution < 1.29 is 14.4 Å². The van der Waals surface area contributed by atoms with Gasteiger partial charge in [-0.05, 0) is 49.9 Å². The fourth-order valence-corrected chi connectivity index (χ4v) is 4.32. The first-order valence-electron chi connectivity index (χ1n) is 9.51. The van der Waals surface area contributed by atoms with E-state index in [1.165, 1.54) is 11.3 Å². The third kappa shape index (κ3) is 3.25. The Morgan fingerprint density at radius 2 is 1.65 bits per heavy atom. The van der Waals surface area contributed by atoms with E-state index in [1.807, 2.05) is 0 Å². The Labute approximate surface area is 158 Å². The molecule has 138 valence electrons. The molecule has 1 aliphatic heterocycles. The van der Waals surface area contributed by atoms with Crippen LogP contribution in [0.25, 0.3) is 0 Å². The first kappa shape index (κ1) is 17.5. The molecule has 6 heteroatoms. The number of imide groups is 1. The summed E-state index contributed by atoms with van der Waals surface area (Å²) in [5.74, 6) is -0.439. The minimum atomic E-state index is -0.653. The minimum absolute atomic E-state index is 0.0110. The van der Waals surface area contributed by atoms with Gasteiger partial charge < -0.3 is 4.90 Å². The van der Waals surface area contributed by atoms with Gasteiger partial charge in [0.25, 0.3) is 5.91 Å². The molecular weight excluding hydrogens is 352 g/mol. The van der Waals surface area contributed by atoms with Crippen LogP contribution in [0.1, 0.15) is 51.4 Å². The molecule has 1 atom stereocenters. The molecule has 0 aromatic heterocycles. The fourth-order valence-electron chi connectivity index (χ4n) is 4.20. The molecule has 2 aliphatic carbocycles. The van der Waals surface area contributed by atoms with Gasteiger partial charge in [0.05, 0.1) is 12.1 Å². The van der Waals surface area contributed by atoms with Crippen molar-refractivity contribution in [3.63, 3.8) is 0 Å². The van der Waals surface area contributed by atoms with Gasteiger partial charge >= 0.3 is 0 Å². The largest absolute Gasteiger partial charge is 0.327 e. The third-order valence-electron chi connectivity index (χ3n) is 5.69. The highest BCUT2D eigenvalue weighted by atomic mass is 35.5. The van der Waals surface area contributed by atoms with E-state index in [1.54, 1.807) is 29.2 Å². The number of carbonyl (C=O) groups is 3. The van der Waals surface area contributed by atoms with Crippen molar-refractivity contribution >= 4 is 35.0 Å². The highest BCUT2D eigenvalue weighted by Crippen LogP contribution is 2.37. The maximum atomic E-state index is 13.1. The van der Waals surface area contributed by atoms with Crippen molar-refractivity contribution in [1.29, 1.82) is 0 Å². The monoisotopic (exact) mass is 374 g/mol. The molecule has 0 radical (unpaired) electrons. The highest BCUT2D eigenvalue weighted by molar-refractivity contribution is 6.30. The summed E-state index contributed by atoms with van der Waals surface area (Å²) in [7, 11) is 0. The summed E-state index contributed by atoms with van der Waals surface area (Å²) in [5.41, 5.74) is 0.521. The SMILES string of the molecule is O=C1CC(N(C(=O)C2CCCCC2)C2CC2)C(=O)N1c1ccc(Cl)cc1. The maximum Gasteiger partial charge on any atom is 0.257 e. The van der Waals surface area contributed by atoms with Crippen LogP contribution in [0.5, 0.6) is 0 Å². The van der Waals surface area contributed by atoms with Crippen molar-refractivity contribution in [1.82, 2.24) is 4.90 Å². The number of rotatable bonds is 4. The zero-order chi connectivity index (χ0) is 18.3. The summed E-state index contributed by atoms with van der Waals surface area (Å²) in [6.07, 6.45) is 7.06. The van der Waals surface area contributed by atoms with Crippen LogP contribution in [0.15, 0.2) is 24.3 Å². The molecule has 0 N–H and O–H groups in total. The summed E-state index contributed by atoms with van der Waals surface area (Å²) in [6, 6.07) is 6.14. The zero-order valence-electron chi connectivity index (χ0n) is 14.7. The Kier molecular flexibility index (Phi) is 4.74. The Balaban J connectivity index is 1.57.